The minimum absolute atomic E-state index is 0.171. The van der Waals surface area contributed by atoms with E-state index in [-0.39, 0.29) is 30.2 Å². The van der Waals surface area contributed by atoms with Crippen LogP contribution in [0.2, 0.25) is 15.2 Å². The highest BCUT2D eigenvalue weighted by atomic mass is 35.5. The molecule has 0 bridgehead atoms. The van der Waals surface area contributed by atoms with Crippen LogP contribution in [0.25, 0.3) is 33.8 Å². The number of hydrogen-bond donors (Lipinski definition) is 1. The average molecular weight is 803 g/mol. The molecule has 0 aliphatic carbocycles. The molecule has 0 aliphatic heterocycles. The van der Waals surface area contributed by atoms with E-state index in [0.29, 0.717) is 37.9 Å². The first-order chi connectivity index (χ1) is 26.5. The van der Waals surface area contributed by atoms with Crippen LogP contribution < -0.4 is 10.5 Å². The van der Waals surface area contributed by atoms with Gasteiger partial charge in [-0.25, -0.2) is 28.6 Å². The van der Waals surface area contributed by atoms with Crippen molar-refractivity contribution in [3.05, 3.63) is 140 Å². The number of para-hydroxylation sites is 1. The second-order valence-corrected chi connectivity index (χ2v) is 12.8. The maximum atomic E-state index is 12.1. The van der Waals surface area contributed by atoms with Gasteiger partial charge in [0, 0.05) is 64.2 Å². The maximum Gasteiger partial charge on any atom is 0.358 e. The number of nitrogens with zero attached hydrogens (tertiary/aromatic N) is 6. The number of halogens is 3. The quantitative estimate of drug-likeness (QED) is 0.112. The van der Waals surface area contributed by atoms with Crippen LogP contribution in [-0.4, -0.2) is 67.4 Å². The second-order valence-electron chi connectivity index (χ2n) is 11.6. The largest absolute Gasteiger partial charge is 0.461 e. The molecular formula is C40H38Cl3N7O5. The van der Waals surface area contributed by atoms with Crippen LogP contribution in [0.4, 0.5) is 5.69 Å². The number of aromatic nitrogens is 6. The molecule has 0 saturated carbocycles. The molecule has 0 radical (unpaired) electrons. The molecule has 0 saturated heterocycles. The zero-order valence-corrected chi connectivity index (χ0v) is 32.8. The predicted octanol–water partition coefficient (Wildman–Crippen LogP) is 8.93. The third kappa shape index (κ3) is 10.3. The molecule has 12 nitrogen and oxygen atoms in total. The number of H-pyrrole nitrogens is 1. The van der Waals surface area contributed by atoms with Gasteiger partial charge < -0.3 is 14.4 Å². The molecule has 0 atom stereocenters. The van der Waals surface area contributed by atoms with Crippen molar-refractivity contribution in [1.82, 2.24) is 29.2 Å². The van der Waals surface area contributed by atoms with Gasteiger partial charge in [0.15, 0.2) is 17.0 Å². The van der Waals surface area contributed by atoms with Crippen molar-refractivity contribution in [2.75, 3.05) is 31.2 Å². The van der Waals surface area contributed by atoms with Gasteiger partial charge in [-0.1, -0.05) is 77.3 Å². The Bertz CT molecular complexity index is 2430. The number of esters is 2. The number of fused-ring (bicyclic) bond motifs is 2. The zero-order valence-electron chi connectivity index (χ0n) is 30.5. The van der Waals surface area contributed by atoms with Gasteiger partial charge in [0.25, 0.3) is 5.56 Å². The number of hydrogen-bond acceptors (Lipinski definition) is 9. The molecule has 0 aliphatic rings. The van der Waals surface area contributed by atoms with Crippen LogP contribution in [0.15, 0.2) is 108 Å². The smallest absolute Gasteiger partial charge is 0.358 e. The fourth-order valence-electron chi connectivity index (χ4n) is 5.31. The minimum atomic E-state index is -0.527. The van der Waals surface area contributed by atoms with Gasteiger partial charge in [0.05, 0.1) is 24.6 Å². The Hall–Kier alpha value is -5.69. The zero-order chi connectivity index (χ0) is 39.5. The maximum absolute atomic E-state index is 12.1. The molecule has 284 valence electrons. The summed E-state index contributed by atoms with van der Waals surface area (Å²) < 4.78 is 12.4. The number of benzene rings is 3. The summed E-state index contributed by atoms with van der Waals surface area (Å²) in [6.07, 6.45) is 0. The van der Waals surface area contributed by atoms with Crippen LogP contribution in [0, 0.1) is 0 Å². The van der Waals surface area contributed by atoms with Crippen molar-refractivity contribution in [2.45, 2.75) is 27.7 Å². The Balaban J connectivity index is 0.000000168. The Morgan fingerprint density at radius 2 is 1.24 bits per heavy atom. The summed E-state index contributed by atoms with van der Waals surface area (Å²) in [6, 6.07) is 30.8. The molecule has 3 aromatic carbocycles. The van der Waals surface area contributed by atoms with Crippen LogP contribution in [0.1, 0.15) is 48.7 Å². The number of aromatic amines is 1. The lowest BCUT2D eigenvalue weighted by molar-refractivity contribution is 0.0509. The van der Waals surface area contributed by atoms with Crippen molar-refractivity contribution in [2.24, 2.45) is 0 Å². The number of ether oxygens (including phenoxy) is 2. The predicted molar refractivity (Wildman–Crippen MR) is 217 cm³/mol. The SMILES string of the molecule is CCN(CC)c1ccccc1.CCOC(=O)c1cc2nc(-c3ccc(Cl)cc3)cc(=O)n2[nH]1.CCOC(=O)c1cc2nc(-c3ccc(Cl)cc3)cc(Cl)n2n1. The number of carbonyl (C=O) groups is 2. The van der Waals surface area contributed by atoms with Crippen LogP contribution in [-0.2, 0) is 9.47 Å². The van der Waals surface area contributed by atoms with E-state index in [1.165, 1.54) is 26.9 Å². The molecule has 0 unspecified atom stereocenters. The first-order valence-electron chi connectivity index (χ1n) is 17.4. The summed E-state index contributed by atoms with van der Waals surface area (Å²) in [7, 11) is 0. The summed E-state index contributed by atoms with van der Waals surface area (Å²) in [4.78, 5) is 46.8. The lowest BCUT2D eigenvalue weighted by Crippen LogP contribution is -2.21. The Morgan fingerprint density at radius 1 is 0.691 bits per heavy atom. The Morgan fingerprint density at radius 3 is 1.80 bits per heavy atom. The van der Waals surface area contributed by atoms with Gasteiger partial charge in [-0.05, 0) is 64.1 Å². The molecule has 0 fully saturated rings. The summed E-state index contributed by atoms with van der Waals surface area (Å²) >= 11 is 18.0. The average Bonchev–Trinajstić information content (AvgIpc) is 3.83. The number of carbonyl (C=O) groups excluding carboxylic acids is 2. The first-order valence-corrected chi connectivity index (χ1v) is 18.5. The van der Waals surface area contributed by atoms with E-state index >= 15 is 0 Å². The van der Waals surface area contributed by atoms with Crippen molar-refractivity contribution in [3.8, 4) is 22.5 Å². The van der Waals surface area contributed by atoms with Crippen LogP contribution in [0.5, 0.6) is 0 Å². The lowest BCUT2D eigenvalue weighted by atomic mass is 10.1. The molecule has 7 aromatic rings. The van der Waals surface area contributed by atoms with E-state index in [4.69, 9.17) is 44.3 Å². The van der Waals surface area contributed by atoms with Crippen LogP contribution >= 0.6 is 34.8 Å². The molecule has 4 heterocycles. The molecule has 1 N–H and O–H groups in total. The van der Waals surface area contributed by atoms with Crippen molar-refractivity contribution in [3.63, 3.8) is 0 Å². The standard InChI is InChI=1S/C15H11Cl2N3O2.C15H12ClN3O3.C10H15N/c1-2-22-15(21)12-8-14-18-11(7-13(17)20(14)19-12)9-3-5-10(16)6-4-9;1-2-22-15(21)12-7-13-17-11(8-14(20)19(13)18-12)9-3-5-10(16)6-4-9;1-3-11(4-2)10-8-6-5-7-9-10/h3-8H,2H2,1H3;3-8,18H,2H2,1H3;5-9H,3-4H2,1-2H3. The molecule has 15 heteroatoms. The monoisotopic (exact) mass is 801 g/mol. The number of nitrogens with one attached hydrogen (secondary N) is 1. The number of rotatable bonds is 9. The highest BCUT2D eigenvalue weighted by Crippen LogP contribution is 2.24. The van der Waals surface area contributed by atoms with Gasteiger partial charge in [-0.2, -0.15) is 5.10 Å². The molecular weight excluding hydrogens is 765 g/mol. The van der Waals surface area contributed by atoms with Crippen molar-refractivity contribution >= 4 is 63.7 Å². The Kier molecular flexibility index (Phi) is 14.0. The fraction of sp³-hybridized carbons (Fsp3) is 0.200. The van der Waals surface area contributed by atoms with Gasteiger partial charge >= 0.3 is 11.9 Å². The van der Waals surface area contributed by atoms with E-state index in [2.05, 4.69) is 63.2 Å². The van der Waals surface area contributed by atoms with Gasteiger partial charge in [-0.3, -0.25) is 9.89 Å². The molecule has 55 heavy (non-hydrogen) atoms. The summed E-state index contributed by atoms with van der Waals surface area (Å²) in [5.41, 5.74) is 4.99. The van der Waals surface area contributed by atoms with Crippen molar-refractivity contribution < 1.29 is 19.1 Å². The molecule has 0 spiro atoms. The minimum Gasteiger partial charge on any atom is -0.461 e. The molecule has 7 rings (SSSR count). The summed E-state index contributed by atoms with van der Waals surface area (Å²) in [6.45, 7) is 10.5. The highest BCUT2D eigenvalue weighted by molar-refractivity contribution is 6.31. The third-order valence-corrected chi connectivity index (χ3v) is 8.75. The number of anilines is 1. The van der Waals surface area contributed by atoms with Gasteiger partial charge in [0.1, 0.15) is 10.8 Å². The first kappa shape index (κ1) is 40.5. The summed E-state index contributed by atoms with van der Waals surface area (Å²) in [5.74, 6) is -1.03. The van der Waals surface area contributed by atoms with Crippen LogP contribution in [0.3, 0.4) is 0 Å². The second kappa shape index (κ2) is 19.1. The van der Waals surface area contributed by atoms with E-state index in [1.54, 1.807) is 62.4 Å². The van der Waals surface area contributed by atoms with E-state index in [9.17, 15) is 14.4 Å². The topological polar surface area (TPSA) is 136 Å². The Labute approximate surface area is 332 Å². The van der Waals surface area contributed by atoms with E-state index in [0.717, 1.165) is 24.2 Å². The van der Waals surface area contributed by atoms with Gasteiger partial charge in [0.2, 0.25) is 0 Å². The summed E-state index contributed by atoms with van der Waals surface area (Å²) in [5, 5.41) is 8.39. The third-order valence-electron chi connectivity index (χ3n) is 7.98. The van der Waals surface area contributed by atoms with Gasteiger partial charge in [-0.15, -0.1) is 0 Å². The van der Waals surface area contributed by atoms with Crippen molar-refractivity contribution in [1.29, 1.82) is 0 Å². The highest BCUT2D eigenvalue weighted by Gasteiger charge is 2.16. The molecule has 0 amide bonds. The normalized spacial score (nSPS) is 10.6. The lowest BCUT2D eigenvalue weighted by Gasteiger charge is -2.20. The fourth-order valence-corrected chi connectivity index (χ4v) is 5.79. The van der Waals surface area contributed by atoms with E-state index in [1.807, 2.05) is 18.2 Å². The molecule has 4 aromatic heterocycles. The van der Waals surface area contributed by atoms with E-state index < -0.39 is 11.9 Å².